The van der Waals surface area contributed by atoms with E-state index in [4.69, 9.17) is 0 Å². The highest BCUT2D eigenvalue weighted by Gasteiger charge is 2.24. The largest absolute Gasteiger partial charge is 0.364 e. The summed E-state index contributed by atoms with van der Waals surface area (Å²) in [5.74, 6) is 0. The molecule has 1 aliphatic heterocycles. The van der Waals surface area contributed by atoms with Crippen LogP contribution in [-0.2, 0) is 6.54 Å². The van der Waals surface area contributed by atoms with E-state index in [0.29, 0.717) is 6.04 Å². The maximum absolute atomic E-state index is 4.34. The molecule has 0 atom stereocenters. The highest BCUT2D eigenvalue weighted by Crippen LogP contribution is 2.40. The molecule has 4 nitrogen and oxygen atoms in total. The fraction of sp³-hybridized carbons (Fsp3) is 0.222. The predicted octanol–water partition coefficient (Wildman–Crippen LogP) is 3.87. The number of aromatic amines is 1. The highest BCUT2D eigenvalue weighted by atomic mass is 15.3. The zero-order valence-corrected chi connectivity index (χ0v) is 12.7. The lowest BCUT2D eigenvalue weighted by atomic mass is 9.95. The van der Waals surface area contributed by atoms with Crippen molar-refractivity contribution in [3.63, 3.8) is 0 Å². The number of hydrogen-bond donors (Lipinski definition) is 1. The molecule has 0 spiro atoms. The first kappa shape index (κ1) is 13.1. The minimum absolute atomic E-state index is 0.409. The number of H-pyrrole nitrogens is 1. The van der Waals surface area contributed by atoms with Gasteiger partial charge in [0.2, 0.25) is 0 Å². The maximum atomic E-state index is 4.34. The Morgan fingerprint density at radius 3 is 2.55 bits per heavy atom. The van der Waals surface area contributed by atoms with Gasteiger partial charge in [-0.05, 0) is 25.5 Å². The lowest BCUT2D eigenvalue weighted by molar-refractivity contribution is 0.683. The molecule has 22 heavy (non-hydrogen) atoms. The summed E-state index contributed by atoms with van der Waals surface area (Å²) in [6.07, 6.45) is 0. The van der Waals surface area contributed by atoms with Gasteiger partial charge in [-0.15, -0.1) is 5.10 Å². The number of nitrogens with one attached hydrogen (secondary N) is 1. The van der Waals surface area contributed by atoms with Crippen molar-refractivity contribution in [1.82, 2.24) is 15.4 Å². The van der Waals surface area contributed by atoms with Crippen LogP contribution in [0.5, 0.6) is 0 Å². The van der Waals surface area contributed by atoms with Gasteiger partial charge in [0, 0.05) is 29.4 Å². The molecule has 3 aromatic rings. The van der Waals surface area contributed by atoms with Crippen LogP contribution in [0, 0.1) is 0 Å². The van der Waals surface area contributed by atoms with Crippen LogP contribution in [0.1, 0.15) is 19.4 Å². The minimum atomic E-state index is 0.409. The fourth-order valence-corrected chi connectivity index (χ4v) is 3.16. The van der Waals surface area contributed by atoms with Crippen LogP contribution in [0.25, 0.3) is 22.5 Å². The van der Waals surface area contributed by atoms with E-state index in [0.717, 1.165) is 29.1 Å². The van der Waals surface area contributed by atoms with Gasteiger partial charge >= 0.3 is 0 Å². The van der Waals surface area contributed by atoms with E-state index in [1.54, 1.807) is 0 Å². The smallest absolute Gasteiger partial charge is 0.121 e. The molecular weight excluding hydrogens is 272 g/mol. The molecule has 4 heteroatoms. The Labute approximate surface area is 129 Å². The molecule has 4 rings (SSSR count). The van der Waals surface area contributed by atoms with Crippen LogP contribution >= 0.6 is 0 Å². The lowest BCUT2D eigenvalue weighted by Gasteiger charge is -2.33. The Hall–Kier alpha value is -2.62. The van der Waals surface area contributed by atoms with E-state index >= 15 is 0 Å². The van der Waals surface area contributed by atoms with Gasteiger partial charge in [0.05, 0.1) is 5.69 Å². The monoisotopic (exact) mass is 290 g/mol. The summed E-state index contributed by atoms with van der Waals surface area (Å²) in [4.78, 5) is 2.43. The Bertz CT molecular complexity index is 819. The summed E-state index contributed by atoms with van der Waals surface area (Å²) in [5, 5.41) is 11.5. The molecule has 1 aromatic heterocycles. The average Bonchev–Trinajstić information content (AvgIpc) is 3.00. The van der Waals surface area contributed by atoms with Crippen molar-refractivity contribution >= 4 is 5.69 Å². The summed E-state index contributed by atoms with van der Waals surface area (Å²) in [6, 6.07) is 17.3. The first-order chi connectivity index (χ1) is 10.8. The summed E-state index contributed by atoms with van der Waals surface area (Å²) < 4.78 is 0. The third-order valence-corrected chi connectivity index (χ3v) is 4.27. The molecule has 110 valence electrons. The molecule has 0 amide bonds. The highest BCUT2D eigenvalue weighted by molar-refractivity contribution is 5.87. The second-order valence-electron chi connectivity index (χ2n) is 5.93. The Morgan fingerprint density at radius 2 is 1.73 bits per heavy atom. The van der Waals surface area contributed by atoms with E-state index in [2.05, 4.69) is 82.7 Å². The first-order valence-corrected chi connectivity index (χ1v) is 7.61. The van der Waals surface area contributed by atoms with Crippen molar-refractivity contribution in [3.8, 4) is 22.5 Å². The molecule has 0 radical (unpaired) electrons. The molecule has 2 aromatic carbocycles. The molecule has 0 fully saturated rings. The van der Waals surface area contributed by atoms with Crippen molar-refractivity contribution in [2.45, 2.75) is 26.4 Å². The summed E-state index contributed by atoms with van der Waals surface area (Å²) in [6.45, 7) is 5.33. The molecule has 0 aliphatic carbocycles. The average molecular weight is 290 g/mol. The second-order valence-corrected chi connectivity index (χ2v) is 5.93. The fourth-order valence-electron chi connectivity index (χ4n) is 3.16. The summed E-state index contributed by atoms with van der Waals surface area (Å²) >= 11 is 0. The maximum Gasteiger partial charge on any atom is 0.121 e. The SMILES string of the molecule is CC(C)N1Cc2ccccc2-c2nn[nH]c2-c2ccccc21. The second kappa shape index (κ2) is 4.98. The van der Waals surface area contributed by atoms with Crippen LogP contribution in [-0.4, -0.2) is 21.5 Å². The zero-order chi connectivity index (χ0) is 15.1. The Kier molecular flexibility index (Phi) is 2.96. The van der Waals surface area contributed by atoms with Gasteiger partial charge in [-0.3, -0.25) is 5.10 Å². The molecule has 0 unspecified atom stereocenters. The van der Waals surface area contributed by atoms with Gasteiger partial charge in [-0.25, -0.2) is 0 Å². The standard InChI is InChI=1S/C18H18N4/c1-12(2)22-11-13-7-3-4-8-14(13)17-18(20-21-19-17)15-9-5-6-10-16(15)22/h3-10,12H,11H2,1-2H3,(H,19,20,21). The van der Waals surface area contributed by atoms with Crippen molar-refractivity contribution in [2.24, 2.45) is 0 Å². The van der Waals surface area contributed by atoms with Gasteiger partial charge < -0.3 is 4.90 Å². The van der Waals surface area contributed by atoms with E-state index in [1.165, 1.54) is 11.3 Å². The predicted molar refractivity (Wildman–Crippen MR) is 88.6 cm³/mol. The number of anilines is 1. The number of rotatable bonds is 1. The van der Waals surface area contributed by atoms with E-state index in [1.807, 2.05) is 0 Å². The lowest BCUT2D eigenvalue weighted by Crippen LogP contribution is -2.31. The molecule has 2 heterocycles. The molecule has 0 saturated heterocycles. The van der Waals surface area contributed by atoms with Crippen LogP contribution in [0.3, 0.4) is 0 Å². The number of benzene rings is 2. The molecule has 1 N–H and O–H groups in total. The van der Waals surface area contributed by atoms with Crippen LogP contribution in [0.4, 0.5) is 5.69 Å². The van der Waals surface area contributed by atoms with Gasteiger partial charge in [0.15, 0.2) is 0 Å². The third-order valence-electron chi connectivity index (χ3n) is 4.27. The van der Waals surface area contributed by atoms with Crippen molar-refractivity contribution < 1.29 is 0 Å². The van der Waals surface area contributed by atoms with E-state index in [-0.39, 0.29) is 0 Å². The molecule has 0 saturated carbocycles. The van der Waals surface area contributed by atoms with Crippen LogP contribution in [0.15, 0.2) is 48.5 Å². The zero-order valence-electron chi connectivity index (χ0n) is 12.7. The van der Waals surface area contributed by atoms with Crippen molar-refractivity contribution in [2.75, 3.05) is 4.90 Å². The molecule has 0 bridgehead atoms. The first-order valence-electron chi connectivity index (χ1n) is 7.61. The van der Waals surface area contributed by atoms with E-state index in [9.17, 15) is 0 Å². The van der Waals surface area contributed by atoms with Crippen LogP contribution < -0.4 is 4.90 Å². The summed E-state index contributed by atoms with van der Waals surface area (Å²) in [7, 11) is 0. The number of aromatic nitrogens is 3. The number of para-hydroxylation sites is 1. The molecule has 1 aliphatic rings. The quantitative estimate of drug-likeness (QED) is 0.740. The number of nitrogens with zero attached hydrogens (tertiary/aromatic N) is 3. The van der Waals surface area contributed by atoms with Gasteiger partial charge in [0.1, 0.15) is 5.69 Å². The van der Waals surface area contributed by atoms with Gasteiger partial charge in [-0.1, -0.05) is 47.7 Å². The topological polar surface area (TPSA) is 44.8 Å². The van der Waals surface area contributed by atoms with Gasteiger partial charge in [0.25, 0.3) is 0 Å². The van der Waals surface area contributed by atoms with Crippen LogP contribution in [0.2, 0.25) is 0 Å². The number of hydrogen-bond acceptors (Lipinski definition) is 3. The van der Waals surface area contributed by atoms with Crippen molar-refractivity contribution in [1.29, 1.82) is 0 Å². The normalized spacial score (nSPS) is 13.1. The summed E-state index contributed by atoms with van der Waals surface area (Å²) in [5.41, 5.74) is 6.75. The van der Waals surface area contributed by atoms with Crippen molar-refractivity contribution in [3.05, 3.63) is 54.1 Å². The van der Waals surface area contributed by atoms with Gasteiger partial charge in [-0.2, -0.15) is 0 Å². The van der Waals surface area contributed by atoms with E-state index < -0.39 is 0 Å². The minimum Gasteiger partial charge on any atom is -0.364 e. The third kappa shape index (κ3) is 1.91. The Balaban J connectivity index is 2.05. The number of fused-ring (bicyclic) bond motifs is 5. The molecular formula is C18H18N4. The Morgan fingerprint density at radius 1 is 1.00 bits per heavy atom.